The molecule has 2 aromatic rings. The van der Waals surface area contributed by atoms with Crippen molar-refractivity contribution < 1.29 is 4.79 Å². The summed E-state index contributed by atoms with van der Waals surface area (Å²) in [5.74, 6) is 0. The molecular formula is C14H13NO. The van der Waals surface area contributed by atoms with Gasteiger partial charge < -0.3 is 0 Å². The third-order valence-corrected chi connectivity index (χ3v) is 2.58. The van der Waals surface area contributed by atoms with E-state index in [1.54, 1.807) is 0 Å². The molecule has 0 amide bonds. The Labute approximate surface area is 95.0 Å². The van der Waals surface area contributed by atoms with Crippen LogP contribution in [0.5, 0.6) is 0 Å². The molecular weight excluding hydrogens is 198 g/mol. The second-order valence-electron chi connectivity index (χ2n) is 3.79. The van der Waals surface area contributed by atoms with Crippen molar-refractivity contribution in [3.8, 4) is 11.1 Å². The number of aromatic nitrogens is 1. The summed E-state index contributed by atoms with van der Waals surface area (Å²) in [6.07, 6.45) is 0.879. The molecule has 0 bridgehead atoms. The van der Waals surface area contributed by atoms with E-state index in [1.165, 1.54) is 0 Å². The van der Waals surface area contributed by atoms with Crippen LogP contribution < -0.4 is 0 Å². The molecule has 2 heteroatoms. The van der Waals surface area contributed by atoms with Crippen molar-refractivity contribution >= 4 is 6.29 Å². The lowest BCUT2D eigenvalue weighted by atomic mass is 9.99. The molecule has 0 fully saturated rings. The van der Waals surface area contributed by atoms with Crippen molar-refractivity contribution in [2.24, 2.45) is 0 Å². The van der Waals surface area contributed by atoms with Crippen molar-refractivity contribution in [1.82, 2.24) is 4.98 Å². The highest BCUT2D eigenvalue weighted by Crippen LogP contribution is 2.24. The van der Waals surface area contributed by atoms with Crippen LogP contribution in [0, 0.1) is 13.8 Å². The molecule has 1 aromatic heterocycles. The second-order valence-corrected chi connectivity index (χ2v) is 3.79. The zero-order chi connectivity index (χ0) is 11.5. The van der Waals surface area contributed by atoms with Gasteiger partial charge in [-0.05, 0) is 31.0 Å². The molecule has 0 saturated carbocycles. The molecule has 16 heavy (non-hydrogen) atoms. The SMILES string of the molecule is Cc1cc(-c2ccccc2)c(C=O)c(C)n1. The molecule has 0 aliphatic rings. The maximum Gasteiger partial charge on any atom is 0.152 e. The molecule has 0 atom stereocenters. The minimum atomic E-state index is 0.678. The van der Waals surface area contributed by atoms with Crippen LogP contribution in [0.25, 0.3) is 11.1 Å². The number of aldehydes is 1. The summed E-state index contributed by atoms with van der Waals surface area (Å²) in [5.41, 5.74) is 4.41. The van der Waals surface area contributed by atoms with Crippen molar-refractivity contribution in [1.29, 1.82) is 0 Å². The fraction of sp³-hybridized carbons (Fsp3) is 0.143. The minimum absolute atomic E-state index is 0.678. The van der Waals surface area contributed by atoms with Gasteiger partial charge in [-0.3, -0.25) is 9.78 Å². The first-order chi connectivity index (χ1) is 7.72. The molecule has 0 aliphatic carbocycles. The first-order valence-corrected chi connectivity index (χ1v) is 5.21. The van der Waals surface area contributed by atoms with Gasteiger partial charge in [0.2, 0.25) is 0 Å². The van der Waals surface area contributed by atoms with Crippen LogP contribution in [-0.4, -0.2) is 11.3 Å². The third-order valence-electron chi connectivity index (χ3n) is 2.58. The lowest BCUT2D eigenvalue weighted by Gasteiger charge is -2.08. The fourth-order valence-electron chi connectivity index (χ4n) is 1.84. The predicted octanol–water partition coefficient (Wildman–Crippen LogP) is 3.18. The number of hydrogen-bond donors (Lipinski definition) is 0. The molecule has 0 radical (unpaired) electrons. The van der Waals surface area contributed by atoms with E-state index in [1.807, 2.05) is 50.2 Å². The van der Waals surface area contributed by atoms with Crippen molar-refractivity contribution in [2.75, 3.05) is 0 Å². The van der Waals surface area contributed by atoms with Gasteiger partial charge in [0.05, 0.1) is 0 Å². The Morgan fingerprint density at radius 1 is 1.12 bits per heavy atom. The number of benzene rings is 1. The van der Waals surface area contributed by atoms with Gasteiger partial charge in [0, 0.05) is 17.0 Å². The Balaban J connectivity index is 2.69. The van der Waals surface area contributed by atoms with Gasteiger partial charge in [0.1, 0.15) is 0 Å². The lowest BCUT2D eigenvalue weighted by Crippen LogP contribution is -1.97. The number of rotatable bonds is 2. The topological polar surface area (TPSA) is 30.0 Å². The quantitative estimate of drug-likeness (QED) is 0.714. The smallest absolute Gasteiger partial charge is 0.152 e. The molecule has 0 spiro atoms. The number of nitrogens with zero attached hydrogens (tertiary/aromatic N) is 1. The van der Waals surface area contributed by atoms with Crippen molar-refractivity contribution in [3.63, 3.8) is 0 Å². The van der Waals surface area contributed by atoms with E-state index in [-0.39, 0.29) is 0 Å². The van der Waals surface area contributed by atoms with Crippen LogP contribution in [0.2, 0.25) is 0 Å². The van der Waals surface area contributed by atoms with Crippen LogP contribution in [0.4, 0.5) is 0 Å². The molecule has 0 aliphatic heterocycles. The van der Waals surface area contributed by atoms with Crippen LogP contribution in [0.3, 0.4) is 0 Å². The number of carbonyl (C=O) groups excluding carboxylic acids is 1. The summed E-state index contributed by atoms with van der Waals surface area (Å²) in [4.78, 5) is 15.4. The lowest BCUT2D eigenvalue weighted by molar-refractivity contribution is 0.112. The van der Waals surface area contributed by atoms with Crippen LogP contribution in [0.1, 0.15) is 21.7 Å². The molecule has 0 unspecified atom stereocenters. The predicted molar refractivity (Wildman–Crippen MR) is 64.5 cm³/mol. The highest BCUT2D eigenvalue weighted by Gasteiger charge is 2.08. The Morgan fingerprint density at radius 3 is 2.44 bits per heavy atom. The Morgan fingerprint density at radius 2 is 1.81 bits per heavy atom. The van der Waals surface area contributed by atoms with Gasteiger partial charge in [0.15, 0.2) is 6.29 Å². The van der Waals surface area contributed by atoms with Gasteiger partial charge in [-0.2, -0.15) is 0 Å². The van der Waals surface area contributed by atoms with E-state index in [9.17, 15) is 4.79 Å². The van der Waals surface area contributed by atoms with Gasteiger partial charge >= 0.3 is 0 Å². The van der Waals surface area contributed by atoms with E-state index in [2.05, 4.69) is 4.98 Å². The van der Waals surface area contributed by atoms with Gasteiger partial charge in [-0.25, -0.2) is 0 Å². The average Bonchev–Trinajstić information content (AvgIpc) is 2.29. The maximum atomic E-state index is 11.1. The second kappa shape index (κ2) is 4.27. The van der Waals surface area contributed by atoms with Crippen LogP contribution in [0.15, 0.2) is 36.4 Å². The standard InChI is InChI=1S/C14H13NO/c1-10-8-13(12-6-4-3-5-7-12)14(9-16)11(2)15-10/h3-9H,1-2H3. The molecule has 80 valence electrons. The Bertz CT molecular complexity index is 518. The molecule has 0 saturated heterocycles. The Kier molecular flexibility index (Phi) is 2.82. The molecule has 2 rings (SSSR count). The summed E-state index contributed by atoms with van der Waals surface area (Å²) in [5, 5.41) is 0. The van der Waals surface area contributed by atoms with E-state index < -0.39 is 0 Å². The van der Waals surface area contributed by atoms with Crippen LogP contribution >= 0.6 is 0 Å². The maximum absolute atomic E-state index is 11.1. The monoisotopic (exact) mass is 211 g/mol. The van der Waals surface area contributed by atoms with Crippen molar-refractivity contribution in [3.05, 3.63) is 53.3 Å². The summed E-state index contributed by atoms with van der Waals surface area (Å²) in [6, 6.07) is 11.9. The van der Waals surface area contributed by atoms with E-state index >= 15 is 0 Å². The third kappa shape index (κ3) is 1.87. The first kappa shape index (κ1) is 10.6. The highest BCUT2D eigenvalue weighted by atomic mass is 16.1. The number of pyridine rings is 1. The average molecular weight is 211 g/mol. The van der Waals surface area contributed by atoms with E-state index in [4.69, 9.17) is 0 Å². The molecule has 1 aromatic carbocycles. The zero-order valence-electron chi connectivity index (χ0n) is 9.40. The number of hydrogen-bond acceptors (Lipinski definition) is 2. The summed E-state index contributed by atoms with van der Waals surface area (Å²) in [7, 11) is 0. The van der Waals surface area contributed by atoms with Gasteiger partial charge in [-0.1, -0.05) is 30.3 Å². The van der Waals surface area contributed by atoms with Gasteiger partial charge in [-0.15, -0.1) is 0 Å². The highest BCUT2D eigenvalue weighted by molar-refractivity contribution is 5.88. The van der Waals surface area contributed by atoms with E-state index in [0.29, 0.717) is 5.56 Å². The number of carbonyl (C=O) groups is 1. The van der Waals surface area contributed by atoms with Crippen molar-refractivity contribution in [2.45, 2.75) is 13.8 Å². The number of aryl methyl sites for hydroxylation is 2. The molecule has 0 N–H and O–H groups in total. The van der Waals surface area contributed by atoms with Crippen LogP contribution in [-0.2, 0) is 0 Å². The minimum Gasteiger partial charge on any atom is -0.298 e. The van der Waals surface area contributed by atoms with E-state index in [0.717, 1.165) is 28.8 Å². The molecule has 1 heterocycles. The molecule has 2 nitrogen and oxygen atoms in total. The Hall–Kier alpha value is -1.96. The first-order valence-electron chi connectivity index (χ1n) is 5.21. The zero-order valence-corrected chi connectivity index (χ0v) is 9.40. The summed E-state index contributed by atoms with van der Waals surface area (Å²) >= 11 is 0. The van der Waals surface area contributed by atoms with Gasteiger partial charge in [0.25, 0.3) is 0 Å². The normalized spacial score (nSPS) is 10.1. The fourth-order valence-corrected chi connectivity index (χ4v) is 1.84. The summed E-state index contributed by atoms with van der Waals surface area (Å²) < 4.78 is 0. The summed E-state index contributed by atoms with van der Waals surface area (Å²) in [6.45, 7) is 3.80. The largest absolute Gasteiger partial charge is 0.298 e.